The second kappa shape index (κ2) is 7.71. The van der Waals surface area contributed by atoms with Crippen molar-refractivity contribution in [2.24, 2.45) is 5.10 Å². The fourth-order valence-electron chi connectivity index (χ4n) is 1.94. The molecular weight excluding hydrogens is 447 g/mol. The van der Waals surface area contributed by atoms with Crippen LogP contribution in [0, 0.1) is 3.57 Å². The average molecular weight is 459 g/mol. The van der Waals surface area contributed by atoms with Gasteiger partial charge in [0.1, 0.15) is 5.75 Å². The van der Waals surface area contributed by atoms with E-state index in [9.17, 15) is 4.79 Å². The lowest BCUT2D eigenvalue weighted by Gasteiger charge is -2.07. The van der Waals surface area contributed by atoms with Crippen LogP contribution in [0.2, 0.25) is 5.02 Å². The smallest absolute Gasteiger partial charge is 0.277 e. The Hall–Kier alpha value is -2.00. The Bertz CT molecular complexity index is 798. The lowest BCUT2D eigenvalue weighted by Crippen LogP contribution is -2.24. The van der Waals surface area contributed by atoms with Crippen LogP contribution in [-0.4, -0.2) is 25.5 Å². The van der Waals surface area contributed by atoms with Gasteiger partial charge in [-0.25, -0.2) is 5.43 Å². The van der Waals surface area contributed by atoms with Crippen LogP contribution in [0.3, 0.4) is 0 Å². The minimum absolute atomic E-state index is 0.143. The molecule has 0 bridgehead atoms. The highest BCUT2D eigenvalue weighted by Gasteiger charge is 2.12. The molecule has 0 unspecified atom stereocenters. The lowest BCUT2D eigenvalue weighted by molar-refractivity contribution is -0.123. The van der Waals surface area contributed by atoms with Gasteiger partial charge >= 0.3 is 0 Å². The molecule has 24 heavy (non-hydrogen) atoms. The zero-order valence-electron chi connectivity index (χ0n) is 12.3. The maximum atomic E-state index is 11.7. The van der Waals surface area contributed by atoms with Crippen molar-refractivity contribution in [1.82, 2.24) is 5.43 Å². The van der Waals surface area contributed by atoms with Gasteiger partial charge < -0.3 is 14.2 Å². The van der Waals surface area contributed by atoms with Gasteiger partial charge in [0, 0.05) is 5.02 Å². The first-order valence-corrected chi connectivity index (χ1v) is 8.37. The number of nitrogens with zero attached hydrogens (tertiary/aromatic N) is 1. The highest BCUT2D eigenvalue weighted by molar-refractivity contribution is 14.1. The zero-order chi connectivity index (χ0) is 16.9. The quantitative estimate of drug-likeness (QED) is 0.424. The van der Waals surface area contributed by atoms with Crippen molar-refractivity contribution >= 4 is 46.3 Å². The summed E-state index contributed by atoms with van der Waals surface area (Å²) in [6.07, 6.45) is 1.52. The molecule has 0 aliphatic carbocycles. The van der Waals surface area contributed by atoms with E-state index in [-0.39, 0.29) is 19.3 Å². The van der Waals surface area contributed by atoms with E-state index in [0.717, 1.165) is 9.13 Å². The number of amides is 1. The summed E-state index contributed by atoms with van der Waals surface area (Å²) in [5.41, 5.74) is 3.19. The second-order valence-electron chi connectivity index (χ2n) is 4.77. The third kappa shape index (κ3) is 4.30. The zero-order valence-corrected chi connectivity index (χ0v) is 15.2. The molecule has 2 aromatic carbocycles. The van der Waals surface area contributed by atoms with Crippen LogP contribution in [0.4, 0.5) is 0 Å². The Labute approximate surface area is 156 Å². The third-order valence-corrected chi connectivity index (χ3v) is 4.13. The molecular formula is C16H12ClIN2O4. The predicted molar refractivity (Wildman–Crippen MR) is 98.0 cm³/mol. The molecule has 1 aliphatic heterocycles. The standard InChI is InChI=1S/C16H12ClIN2O4/c17-11-2-4-13(12(18)6-11)22-8-16(21)20-19-7-10-1-3-14-15(5-10)24-9-23-14/h1-7H,8-9H2,(H,20,21). The Morgan fingerprint density at radius 2 is 2.12 bits per heavy atom. The number of carbonyl (C=O) groups is 1. The van der Waals surface area contributed by atoms with Crippen LogP contribution in [-0.2, 0) is 4.79 Å². The highest BCUT2D eigenvalue weighted by Crippen LogP contribution is 2.31. The normalized spacial score (nSPS) is 12.4. The lowest BCUT2D eigenvalue weighted by atomic mass is 10.2. The third-order valence-electron chi connectivity index (χ3n) is 3.05. The second-order valence-corrected chi connectivity index (χ2v) is 6.37. The summed E-state index contributed by atoms with van der Waals surface area (Å²) in [7, 11) is 0. The summed E-state index contributed by atoms with van der Waals surface area (Å²) in [5.74, 6) is 1.58. The Kier molecular flexibility index (Phi) is 5.41. The molecule has 0 spiro atoms. The first-order chi connectivity index (χ1) is 11.6. The minimum atomic E-state index is -0.363. The van der Waals surface area contributed by atoms with Crippen molar-refractivity contribution in [3.63, 3.8) is 0 Å². The van der Waals surface area contributed by atoms with Crippen LogP contribution in [0.15, 0.2) is 41.5 Å². The molecule has 2 aromatic rings. The van der Waals surface area contributed by atoms with Crippen molar-refractivity contribution in [1.29, 1.82) is 0 Å². The number of benzene rings is 2. The molecule has 0 aromatic heterocycles. The van der Waals surface area contributed by atoms with E-state index in [4.69, 9.17) is 25.8 Å². The van der Waals surface area contributed by atoms with Crippen molar-refractivity contribution in [3.8, 4) is 17.2 Å². The summed E-state index contributed by atoms with van der Waals surface area (Å²) >= 11 is 7.96. The molecule has 124 valence electrons. The van der Waals surface area contributed by atoms with Gasteiger partial charge in [0.05, 0.1) is 9.78 Å². The maximum absolute atomic E-state index is 11.7. The predicted octanol–water partition coefficient (Wildman–Crippen LogP) is 3.20. The fraction of sp³-hybridized carbons (Fsp3) is 0.125. The molecule has 1 amide bonds. The molecule has 1 N–H and O–H groups in total. The number of fused-ring (bicyclic) bond motifs is 1. The van der Waals surface area contributed by atoms with Gasteiger partial charge in [-0.2, -0.15) is 5.10 Å². The maximum Gasteiger partial charge on any atom is 0.277 e. The van der Waals surface area contributed by atoms with E-state index in [2.05, 4.69) is 33.1 Å². The number of carbonyl (C=O) groups excluding carboxylic acids is 1. The van der Waals surface area contributed by atoms with E-state index in [1.54, 1.807) is 30.3 Å². The molecule has 0 fully saturated rings. The number of ether oxygens (including phenoxy) is 3. The number of hydrazone groups is 1. The average Bonchev–Trinajstić information content (AvgIpc) is 3.02. The Balaban J connectivity index is 1.50. The van der Waals surface area contributed by atoms with Gasteiger partial charge in [0.25, 0.3) is 5.91 Å². The number of hydrogen-bond donors (Lipinski definition) is 1. The van der Waals surface area contributed by atoms with Crippen LogP contribution in [0.5, 0.6) is 17.2 Å². The van der Waals surface area contributed by atoms with Gasteiger partial charge in [-0.15, -0.1) is 0 Å². The molecule has 1 heterocycles. The summed E-state index contributed by atoms with van der Waals surface area (Å²) in [4.78, 5) is 11.7. The molecule has 0 saturated carbocycles. The SMILES string of the molecule is O=C(COc1ccc(Cl)cc1I)NN=Cc1ccc2c(c1)OCO2. The van der Waals surface area contributed by atoms with Gasteiger partial charge in [0.15, 0.2) is 18.1 Å². The van der Waals surface area contributed by atoms with Crippen molar-refractivity contribution < 1.29 is 19.0 Å². The van der Waals surface area contributed by atoms with E-state index in [1.807, 2.05) is 6.07 Å². The van der Waals surface area contributed by atoms with Gasteiger partial charge in [-0.05, 0) is 64.6 Å². The molecule has 0 saturated heterocycles. The molecule has 8 heteroatoms. The van der Waals surface area contributed by atoms with Gasteiger partial charge in [0.2, 0.25) is 6.79 Å². The monoisotopic (exact) mass is 458 g/mol. The number of rotatable bonds is 5. The van der Waals surface area contributed by atoms with Crippen LogP contribution >= 0.6 is 34.2 Å². The first-order valence-electron chi connectivity index (χ1n) is 6.91. The van der Waals surface area contributed by atoms with Crippen LogP contribution in [0.1, 0.15) is 5.56 Å². The van der Waals surface area contributed by atoms with Crippen molar-refractivity contribution in [2.75, 3.05) is 13.4 Å². The minimum Gasteiger partial charge on any atom is -0.483 e. The summed E-state index contributed by atoms with van der Waals surface area (Å²) in [6.45, 7) is 0.0730. The molecule has 0 radical (unpaired) electrons. The number of nitrogens with one attached hydrogen (secondary N) is 1. The number of hydrogen-bond acceptors (Lipinski definition) is 5. The van der Waals surface area contributed by atoms with Gasteiger partial charge in [-0.3, -0.25) is 4.79 Å². The fourth-order valence-corrected chi connectivity index (χ4v) is 2.97. The first kappa shape index (κ1) is 16.8. The van der Waals surface area contributed by atoms with E-state index >= 15 is 0 Å². The summed E-state index contributed by atoms with van der Waals surface area (Å²) in [5, 5.41) is 4.51. The van der Waals surface area contributed by atoms with E-state index < -0.39 is 0 Å². The largest absolute Gasteiger partial charge is 0.483 e. The Morgan fingerprint density at radius 3 is 2.96 bits per heavy atom. The van der Waals surface area contributed by atoms with Crippen molar-refractivity contribution in [2.45, 2.75) is 0 Å². The van der Waals surface area contributed by atoms with Crippen molar-refractivity contribution in [3.05, 3.63) is 50.6 Å². The van der Waals surface area contributed by atoms with Crippen LogP contribution in [0.25, 0.3) is 0 Å². The van der Waals surface area contributed by atoms with E-state index in [1.165, 1.54) is 6.21 Å². The molecule has 6 nitrogen and oxygen atoms in total. The summed E-state index contributed by atoms with van der Waals surface area (Å²) < 4.78 is 16.8. The highest BCUT2D eigenvalue weighted by atomic mass is 127. The van der Waals surface area contributed by atoms with Gasteiger partial charge in [-0.1, -0.05) is 11.6 Å². The topological polar surface area (TPSA) is 69.2 Å². The summed E-state index contributed by atoms with van der Waals surface area (Å²) in [6, 6.07) is 10.6. The Morgan fingerprint density at radius 1 is 1.29 bits per heavy atom. The van der Waals surface area contributed by atoms with Crippen LogP contribution < -0.4 is 19.6 Å². The van der Waals surface area contributed by atoms with E-state index in [0.29, 0.717) is 22.3 Å². The molecule has 3 rings (SSSR count). The number of halogens is 2. The molecule has 0 atom stereocenters. The molecule has 1 aliphatic rings.